The summed E-state index contributed by atoms with van der Waals surface area (Å²) in [5, 5.41) is 0. The molecule has 0 heterocycles. The van der Waals surface area contributed by atoms with Gasteiger partial charge < -0.3 is 9.59 Å². The Kier molecular flexibility index (Phi) is 71.4. The van der Waals surface area contributed by atoms with Crippen molar-refractivity contribution in [2.45, 2.75) is 6.42 Å². The van der Waals surface area contributed by atoms with Crippen molar-refractivity contribution in [1.82, 2.24) is 0 Å². The number of allylic oxidation sites excluding steroid dienone is 6. The van der Waals surface area contributed by atoms with E-state index in [0.29, 0.717) is 11.1 Å². The molecule has 0 spiro atoms. The van der Waals surface area contributed by atoms with Crippen molar-refractivity contribution in [3.05, 3.63) is 71.8 Å². The molecule has 2 aliphatic carbocycles. The molecule has 4 nitrogen and oxygen atoms in total. The fourth-order valence-electron chi connectivity index (χ4n) is 1.58. The minimum atomic E-state index is -0.0924. The van der Waals surface area contributed by atoms with Crippen LogP contribution in [0.2, 0.25) is 0 Å². The van der Waals surface area contributed by atoms with Crippen LogP contribution in [0.25, 0.3) is 0 Å². The molecule has 0 saturated carbocycles. The van der Waals surface area contributed by atoms with E-state index in [-0.39, 0.29) is 77.6 Å². The van der Waals surface area contributed by atoms with Crippen molar-refractivity contribution in [2.75, 3.05) is 0 Å². The van der Waals surface area contributed by atoms with Gasteiger partial charge in [0.25, 0.3) is 0 Å². The van der Waals surface area contributed by atoms with Gasteiger partial charge in [0.15, 0.2) is 11.6 Å². The summed E-state index contributed by atoms with van der Waals surface area (Å²) in [5.41, 5.74) is 1.01. The van der Waals surface area contributed by atoms with Gasteiger partial charge in [0, 0.05) is 49.0 Å². The number of rotatable bonds is 0. The molecule has 12 heteroatoms. The zero-order chi connectivity index (χ0) is 16.1. The molecule has 2 aliphatic rings. The molecule has 1 aromatic carbocycles. The summed E-state index contributed by atoms with van der Waals surface area (Å²) >= 11 is 0. The van der Waals surface area contributed by atoms with E-state index in [2.05, 4.69) is 12.2 Å². The predicted molar refractivity (Wildman–Crippen MR) is 95.1 cm³/mol. The minimum Gasteiger partial charge on any atom is -0.307 e. The van der Waals surface area contributed by atoms with Crippen LogP contribution in [0.3, 0.4) is 0 Å². The van der Waals surface area contributed by atoms with Crippen LogP contribution in [0.1, 0.15) is 27.1 Å². The number of fused-ring (bicyclic) bond motifs is 1. The van der Waals surface area contributed by atoms with E-state index in [1.165, 1.54) is 12.2 Å². The van der Waals surface area contributed by atoms with Gasteiger partial charge >= 0.3 is 0 Å². The first-order valence-corrected chi connectivity index (χ1v) is 5.94. The van der Waals surface area contributed by atoms with Gasteiger partial charge in [0.2, 0.25) is 0 Å². The van der Waals surface area contributed by atoms with Crippen LogP contribution in [0.15, 0.2) is 54.6 Å². The van der Waals surface area contributed by atoms with Gasteiger partial charge in [-0.2, -0.15) is 6.08 Å². The van der Waals surface area contributed by atoms with Crippen LogP contribution < -0.4 is 0 Å². The maximum absolute atomic E-state index is 11.2. The normalized spacial score (nSPS) is 9.38. The van der Waals surface area contributed by atoms with Crippen molar-refractivity contribution < 1.29 is 85.2 Å². The van der Waals surface area contributed by atoms with Crippen LogP contribution in [-0.4, -0.2) is 25.1 Å². The molecule has 1 radical (unpaired) electrons. The largest absolute Gasteiger partial charge is 0.307 e. The number of hydrogen-bond donors (Lipinski definition) is 0. The van der Waals surface area contributed by atoms with Crippen molar-refractivity contribution in [2.24, 2.45) is 0 Å². The second kappa shape index (κ2) is 36.8. The molecule has 29 heavy (non-hydrogen) atoms. The van der Waals surface area contributed by atoms with E-state index < -0.39 is 0 Å². The molecule has 171 valence electrons. The Labute approximate surface area is 188 Å². The zero-order valence-electron chi connectivity index (χ0n) is 14.6. The van der Waals surface area contributed by atoms with E-state index in [9.17, 15) is 9.59 Å². The van der Waals surface area contributed by atoms with Gasteiger partial charge in [-0.1, -0.05) is 24.3 Å². The van der Waals surface area contributed by atoms with Gasteiger partial charge in [-0.15, -0.1) is 6.42 Å². The number of halogens is 6. The summed E-state index contributed by atoms with van der Waals surface area (Å²) in [6, 6.07) is 6.84. The van der Waals surface area contributed by atoms with Crippen LogP contribution >= 0.6 is 0 Å². The SMILES string of the molecule is C=O.C=O.F.F.F.F.F.F.O=C1C=CC(=O)c2ccccc21.[C-]1=CC=CC1.[Co].[W]. The molecular formula is C17H21CoF6O4W-. The molecule has 1 aromatic rings. The summed E-state index contributed by atoms with van der Waals surface area (Å²) in [4.78, 5) is 38.4. The second-order valence-corrected chi connectivity index (χ2v) is 3.61. The Morgan fingerprint density at radius 1 is 0.724 bits per heavy atom. The van der Waals surface area contributed by atoms with E-state index in [1.54, 1.807) is 24.3 Å². The summed E-state index contributed by atoms with van der Waals surface area (Å²) in [6.07, 6.45) is 12.6. The van der Waals surface area contributed by atoms with Crippen molar-refractivity contribution in [3.63, 3.8) is 0 Å². The third-order valence-electron chi connectivity index (χ3n) is 2.43. The number of benzene rings is 1. The van der Waals surface area contributed by atoms with Gasteiger partial charge in [-0.05, 0) is 12.2 Å². The molecular weight excluding hydrogens is 625 g/mol. The Bertz CT molecular complexity index is 552. The molecule has 0 N–H and O–H groups in total. The van der Waals surface area contributed by atoms with Gasteiger partial charge in [0.05, 0.1) is 0 Å². The van der Waals surface area contributed by atoms with E-state index in [1.807, 2.05) is 25.7 Å². The molecule has 3 rings (SSSR count). The second-order valence-electron chi connectivity index (χ2n) is 3.61. The first-order chi connectivity index (χ1) is 10.3. The minimum absolute atomic E-state index is 0. The summed E-state index contributed by atoms with van der Waals surface area (Å²) in [7, 11) is 0. The summed E-state index contributed by atoms with van der Waals surface area (Å²) < 4.78 is 0. The molecule has 0 unspecified atom stereocenters. The third kappa shape index (κ3) is 20.4. The Morgan fingerprint density at radius 2 is 1.07 bits per heavy atom. The monoisotopic (exact) mass is 646 g/mol. The first-order valence-electron chi connectivity index (χ1n) is 5.94. The summed E-state index contributed by atoms with van der Waals surface area (Å²) in [5.74, 6) is -0.185. The fourth-order valence-corrected chi connectivity index (χ4v) is 1.58. The van der Waals surface area contributed by atoms with Gasteiger partial charge in [0.1, 0.15) is 13.6 Å². The van der Waals surface area contributed by atoms with Crippen LogP contribution in [0.5, 0.6) is 0 Å². The molecule has 0 fully saturated rings. The van der Waals surface area contributed by atoms with Gasteiger partial charge in [-0.25, -0.2) is 12.2 Å². The Balaban J connectivity index is -0.0000000299. The molecule has 0 bridgehead atoms. The Morgan fingerprint density at radius 3 is 1.28 bits per heavy atom. The molecule has 0 amide bonds. The van der Waals surface area contributed by atoms with E-state index in [0.717, 1.165) is 6.42 Å². The molecule has 0 aromatic heterocycles. The van der Waals surface area contributed by atoms with Gasteiger partial charge in [-0.3, -0.25) is 43.9 Å². The first kappa shape index (κ1) is 56.3. The number of hydrogen-bond acceptors (Lipinski definition) is 4. The maximum Gasteiger partial charge on any atom is 0.186 e. The third-order valence-corrected chi connectivity index (χ3v) is 2.43. The van der Waals surface area contributed by atoms with Crippen molar-refractivity contribution >= 4 is 25.1 Å². The smallest absolute Gasteiger partial charge is 0.186 e. The molecule has 0 saturated heterocycles. The van der Waals surface area contributed by atoms with Crippen molar-refractivity contribution in [1.29, 1.82) is 0 Å². The topological polar surface area (TPSA) is 68.3 Å². The fraction of sp³-hybridized carbons (Fsp3) is 0.0588. The Hall–Kier alpha value is -2.11. The standard InChI is InChI=1S/C10H6O2.C5H5.2CH2O.Co.6FH.W/c11-9-5-6-10(12)8-4-2-1-3-7(8)9;1-2-4-5-3-1;2*1-2;;;;;;;;/h1-6H;1-3H,4H2;2*1H2;;6*1H;/q;-1;;;;;;;;;;. The van der Waals surface area contributed by atoms with Crippen LogP contribution in [0.4, 0.5) is 28.2 Å². The average Bonchev–Trinajstić information content (AvgIpc) is 3.15. The number of carbonyl (C=O) groups excluding carboxylic acids is 4. The van der Waals surface area contributed by atoms with Crippen LogP contribution in [-0.2, 0) is 47.4 Å². The number of ketones is 2. The zero-order valence-corrected chi connectivity index (χ0v) is 18.6. The quantitative estimate of drug-likeness (QED) is 0.320. The van der Waals surface area contributed by atoms with Crippen LogP contribution in [0, 0.1) is 6.08 Å². The average molecular weight is 646 g/mol. The maximum atomic E-state index is 11.2. The molecule has 0 atom stereocenters. The number of carbonyl (C=O) groups is 4. The summed E-state index contributed by atoms with van der Waals surface area (Å²) in [6.45, 7) is 4.00. The predicted octanol–water partition coefficient (Wildman–Crippen LogP) is 3.47. The van der Waals surface area contributed by atoms with Crippen molar-refractivity contribution in [3.8, 4) is 0 Å². The van der Waals surface area contributed by atoms with E-state index >= 15 is 0 Å². The van der Waals surface area contributed by atoms with E-state index in [4.69, 9.17) is 9.59 Å². The molecule has 0 aliphatic heterocycles.